The summed E-state index contributed by atoms with van der Waals surface area (Å²) in [5, 5.41) is 6.16. The summed E-state index contributed by atoms with van der Waals surface area (Å²) < 4.78 is 0. The SMILES string of the molecule is CCCCCCCCCCCC(=O)Nc1ccc(N2CCC(C)CC2)c(C(=O)NC2CC2)c1. The average molecular weight is 456 g/mol. The number of rotatable bonds is 14. The highest BCUT2D eigenvalue weighted by molar-refractivity contribution is 6.02. The van der Waals surface area contributed by atoms with Crippen LogP contribution in [0, 0.1) is 5.92 Å². The van der Waals surface area contributed by atoms with Gasteiger partial charge in [0.05, 0.1) is 5.56 Å². The Morgan fingerprint density at radius 2 is 1.55 bits per heavy atom. The first-order valence-corrected chi connectivity index (χ1v) is 13.6. The van der Waals surface area contributed by atoms with Gasteiger partial charge in [0.25, 0.3) is 5.91 Å². The molecule has 5 heteroatoms. The van der Waals surface area contributed by atoms with Gasteiger partial charge in [-0.2, -0.15) is 0 Å². The molecule has 1 aromatic rings. The van der Waals surface area contributed by atoms with E-state index < -0.39 is 0 Å². The standard InChI is InChI=1S/C28H45N3O2/c1-3-4-5-6-7-8-9-10-11-12-27(32)29-24-15-16-26(31-19-17-22(2)18-20-31)25(21-24)28(33)30-23-13-14-23/h15-16,21-23H,3-14,17-20H2,1-2H3,(H,29,32)(H,30,33). The fraction of sp³-hybridized carbons (Fsp3) is 0.714. The first kappa shape index (κ1) is 25.6. The van der Waals surface area contributed by atoms with Crippen molar-refractivity contribution in [1.82, 2.24) is 5.32 Å². The Hall–Kier alpha value is -2.04. The number of unbranched alkanes of at least 4 members (excludes halogenated alkanes) is 8. The molecule has 0 bridgehead atoms. The van der Waals surface area contributed by atoms with Crippen molar-refractivity contribution >= 4 is 23.2 Å². The molecule has 0 spiro atoms. The van der Waals surface area contributed by atoms with Gasteiger partial charge in [0.2, 0.25) is 5.91 Å². The summed E-state index contributed by atoms with van der Waals surface area (Å²) in [7, 11) is 0. The van der Waals surface area contributed by atoms with Gasteiger partial charge in [-0.1, -0.05) is 65.2 Å². The normalized spacial score (nSPS) is 16.6. The molecule has 184 valence electrons. The third kappa shape index (κ3) is 9.02. The first-order valence-electron chi connectivity index (χ1n) is 13.6. The molecular weight excluding hydrogens is 410 g/mol. The van der Waals surface area contributed by atoms with Crippen molar-refractivity contribution in [3.63, 3.8) is 0 Å². The predicted octanol–water partition coefficient (Wildman–Crippen LogP) is 6.67. The monoisotopic (exact) mass is 455 g/mol. The molecule has 5 nitrogen and oxygen atoms in total. The van der Waals surface area contributed by atoms with Crippen molar-refractivity contribution in [2.45, 2.75) is 110 Å². The van der Waals surface area contributed by atoms with Crippen LogP contribution in [-0.2, 0) is 4.79 Å². The molecule has 1 aliphatic heterocycles. The van der Waals surface area contributed by atoms with E-state index in [1.807, 2.05) is 18.2 Å². The Labute approximate surface area is 201 Å². The minimum absolute atomic E-state index is 0.0128. The van der Waals surface area contributed by atoms with Crippen molar-refractivity contribution in [3.8, 4) is 0 Å². The van der Waals surface area contributed by atoms with E-state index in [0.717, 1.165) is 68.9 Å². The van der Waals surface area contributed by atoms with E-state index in [-0.39, 0.29) is 11.8 Å². The Bertz CT molecular complexity index is 752. The number of anilines is 2. The number of hydrogen-bond acceptors (Lipinski definition) is 3. The summed E-state index contributed by atoms with van der Waals surface area (Å²) in [4.78, 5) is 27.8. The summed E-state index contributed by atoms with van der Waals surface area (Å²) >= 11 is 0. The third-order valence-corrected chi connectivity index (χ3v) is 7.07. The number of nitrogens with one attached hydrogen (secondary N) is 2. The van der Waals surface area contributed by atoms with Crippen molar-refractivity contribution in [2.75, 3.05) is 23.3 Å². The fourth-order valence-electron chi connectivity index (χ4n) is 4.63. The molecule has 0 atom stereocenters. The lowest BCUT2D eigenvalue weighted by molar-refractivity contribution is -0.116. The van der Waals surface area contributed by atoms with Crippen LogP contribution >= 0.6 is 0 Å². The molecule has 2 N–H and O–H groups in total. The second-order valence-corrected chi connectivity index (χ2v) is 10.3. The van der Waals surface area contributed by atoms with Crippen LogP contribution in [-0.4, -0.2) is 30.9 Å². The van der Waals surface area contributed by atoms with Gasteiger partial charge in [0.15, 0.2) is 0 Å². The van der Waals surface area contributed by atoms with Crippen molar-refractivity contribution in [1.29, 1.82) is 0 Å². The van der Waals surface area contributed by atoms with Crippen LogP contribution in [0.25, 0.3) is 0 Å². The van der Waals surface area contributed by atoms with Gasteiger partial charge >= 0.3 is 0 Å². The molecule has 2 aliphatic rings. The van der Waals surface area contributed by atoms with Crippen LogP contribution in [0.3, 0.4) is 0 Å². The lowest BCUT2D eigenvalue weighted by Gasteiger charge is -2.33. The number of nitrogens with zero attached hydrogens (tertiary/aromatic N) is 1. The predicted molar refractivity (Wildman–Crippen MR) is 138 cm³/mol. The van der Waals surface area contributed by atoms with Gasteiger partial charge in [-0.25, -0.2) is 0 Å². The zero-order valence-electron chi connectivity index (χ0n) is 21.0. The maximum Gasteiger partial charge on any atom is 0.253 e. The summed E-state index contributed by atoms with van der Waals surface area (Å²) in [6.07, 6.45) is 16.2. The van der Waals surface area contributed by atoms with E-state index >= 15 is 0 Å². The first-order chi connectivity index (χ1) is 16.1. The van der Waals surface area contributed by atoms with Crippen LogP contribution in [0.4, 0.5) is 11.4 Å². The quantitative estimate of drug-likeness (QED) is 0.308. The second-order valence-electron chi connectivity index (χ2n) is 10.3. The molecule has 1 heterocycles. The van der Waals surface area contributed by atoms with Gasteiger partial charge < -0.3 is 15.5 Å². The summed E-state index contributed by atoms with van der Waals surface area (Å²) in [5.74, 6) is 0.775. The van der Waals surface area contributed by atoms with Crippen molar-refractivity contribution in [2.24, 2.45) is 5.92 Å². The molecule has 1 saturated carbocycles. The number of piperidine rings is 1. The Morgan fingerprint density at radius 3 is 2.18 bits per heavy atom. The van der Waals surface area contributed by atoms with Crippen molar-refractivity contribution in [3.05, 3.63) is 23.8 Å². The highest BCUT2D eigenvalue weighted by atomic mass is 16.2. The number of hydrogen-bond donors (Lipinski definition) is 2. The Kier molecular flexibility index (Phi) is 10.6. The lowest BCUT2D eigenvalue weighted by atomic mass is 9.97. The van der Waals surface area contributed by atoms with Crippen LogP contribution < -0.4 is 15.5 Å². The molecule has 1 aliphatic carbocycles. The van der Waals surface area contributed by atoms with E-state index in [0.29, 0.717) is 18.0 Å². The molecule has 33 heavy (non-hydrogen) atoms. The van der Waals surface area contributed by atoms with E-state index in [2.05, 4.69) is 29.4 Å². The molecule has 1 saturated heterocycles. The Morgan fingerprint density at radius 1 is 0.909 bits per heavy atom. The largest absolute Gasteiger partial charge is 0.371 e. The molecule has 0 radical (unpaired) electrons. The summed E-state index contributed by atoms with van der Waals surface area (Å²) in [5.41, 5.74) is 2.42. The maximum atomic E-state index is 13.0. The fourth-order valence-corrected chi connectivity index (χ4v) is 4.63. The highest BCUT2D eigenvalue weighted by Gasteiger charge is 2.27. The average Bonchev–Trinajstić information content (AvgIpc) is 3.62. The molecule has 1 aromatic carbocycles. The summed E-state index contributed by atoms with van der Waals surface area (Å²) in [6, 6.07) is 6.16. The lowest BCUT2D eigenvalue weighted by Crippen LogP contribution is -2.35. The van der Waals surface area contributed by atoms with Gasteiger partial charge in [-0.15, -0.1) is 0 Å². The topological polar surface area (TPSA) is 61.4 Å². The maximum absolute atomic E-state index is 13.0. The smallest absolute Gasteiger partial charge is 0.253 e. The Balaban J connectivity index is 1.48. The van der Waals surface area contributed by atoms with Gasteiger partial charge in [0.1, 0.15) is 0 Å². The molecule has 0 aromatic heterocycles. The van der Waals surface area contributed by atoms with Crippen molar-refractivity contribution < 1.29 is 9.59 Å². The molecule has 0 unspecified atom stereocenters. The van der Waals surface area contributed by atoms with Crippen LogP contribution in [0.5, 0.6) is 0 Å². The minimum atomic E-state index is -0.0128. The number of amides is 2. The van der Waals surface area contributed by atoms with E-state index in [1.165, 1.54) is 44.9 Å². The van der Waals surface area contributed by atoms with E-state index in [9.17, 15) is 9.59 Å². The molecule has 2 amide bonds. The summed E-state index contributed by atoms with van der Waals surface area (Å²) in [6.45, 7) is 6.51. The molecule has 3 rings (SSSR count). The van der Waals surface area contributed by atoms with Gasteiger partial charge in [-0.05, 0) is 56.2 Å². The van der Waals surface area contributed by atoms with Crippen LogP contribution in [0.15, 0.2) is 18.2 Å². The van der Waals surface area contributed by atoms with E-state index in [1.54, 1.807) is 0 Å². The molecular formula is C28H45N3O2. The van der Waals surface area contributed by atoms with Crippen LogP contribution in [0.1, 0.15) is 114 Å². The van der Waals surface area contributed by atoms with Gasteiger partial charge in [0, 0.05) is 36.9 Å². The minimum Gasteiger partial charge on any atom is -0.371 e. The highest BCUT2D eigenvalue weighted by Crippen LogP contribution is 2.30. The zero-order valence-corrected chi connectivity index (χ0v) is 21.0. The third-order valence-electron chi connectivity index (χ3n) is 7.07. The zero-order chi connectivity index (χ0) is 23.5. The van der Waals surface area contributed by atoms with Gasteiger partial charge in [-0.3, -0.25) is 9.59 Å². The molecule has 2 fully saturated rings. The van der Waals surface area contributed by atoms with E-state index in [4.69, 9.17) is 0 Å². The number of benzene rings is 1. The number of carbonyl (C=O) groups is 2. The number of carbonyl (C=O) groups excluding carboxylic acids is 2. The van der Waals surface area contributed by atoms with Crippen LogP contribution in [0.2, 0.25) is 0 Å². The second kappa shape index (κ2) is 13.6.